The average molecular weight is 206 g/mol. The Morgan fingerprint density at radius 1 is 1.20 bits per heavy atom. The lowest BCUT2D eigenvalue weighted by molar-refractivity contribution is -0.273. The van der Waals surface area contributed by atoms with E-state index < -0.39 is 11.4 Å². The van der Waals surface area contributed by atoms with Gasteiger partial charge in [0.05, 0.1) is 13.2 Å². The van der Waals surface area contributed by atoms with E-state index in [-0.39, 0.29) is 0 Å². The second-order valence-electron chi connectivity index (χ2n) is 4.34. The van der Waals surface area contributed by atoms with Crippen molar-refractivity contribution in [2.45, 2.75) is 24.7 Å². The lowest BCUT2D eigenvalue weighted by Gasteiger charge is -2.48. The summed E-state index contributed by atoms with van der Waals surface area (Å²) in [5, 5.41) is 10.6. The van der Waals surface area contributed by atoms with Gasteiger partial charge in [-0.25, -0.2) is 0 Å². The first-order valence-corrected chi connectivity index (χ1v) is 5.24. The number of fused-ring (bicyclic) bond motifs is 1. The minimum Gasteiger partial charge on any atom is -0.379 e. The molecule has 0 bridgehead atoms. The summed E-state index contributed by atoms with van der Waals surface area (Å²) in [6.07, 6.45) is 0.611. The first-order valence-electron chi connectivity index (χ1n) is 5.24. The maximum atomic E-state index is 10.6. The molecule has 1 saturated heterocycles. The third-order valence-electron chi connectivity index (χ3n) is 3.50. The van der Waals surface area contributed by atoms with Crippen LogP contribution in [0.3, 0.4) is 0 Å². The molecule has 1 unspecified atom stereocenters. The molecule has 3 nitrogen and oxygen atoms in total. The second kappa shape index (κ2) is 2.82. The Bertz CT molecular complexity index is 396. The fourth-order valence-electron chi connectivity index (χ4n) is 2.50. The van der Waals surface area contributed by atoms with Gasteiger partial charge in [-0.3, -0.25) is 0 Å². The van der Waals surface area contributed by atoms with E-state index >= 15 is 0 Å². The fourth-order valence-corrected chi connectivity index (χ4v) is 2.50. The summed E-state index contributed by atoms with van der Waals surface area (Å²) in [5.74, 6) is -0.874. The monoisotopic (exact) mass is 206 g/mol. The smallest absolute Gasteiger partial charge is 0.199 e. The van der Waals surface area contributed by atoms with E-state index in [1.807, 2.05) is 31.2 Å². The normalized spacial score (nSPS) is 32.1. The van der Waals surface area contributed by atoms with Crippen LogP contribution >= 0.6 is 0 Å². The predicted molar refractivity (Wildman–Crippen MR) is 54.4 cm³/mol. The zero-order valence-electron chi connectivity index (χ0n) is 8.69. The third-order valence-corrected chi connectivity index (χ3v) is 3.50. The van der Waals surface area contributed by atoms with Crippen LogP contribution in [0.1, 0.15) is 18.1 Å². The summed E-state index contributed by atoms with van der Waals surface area (Å²) < 4.78 is 11.1. The summed E-state index contributed by atoms with van der Waals surface area (Å²) >= 11 is 0. The van der Waals surface area contributed by atoms with E-state index in [1.54, 1.807) is 0 Å². The number of aliphatic hydroxyl groups is 1. The third kappa shape index (κ3) is 1.06. The van der Waals surface area contributed by atoms with Crippen molar-refractivity contribution < 1.29 is 14.6 Å². The van der Waals surface area contributed by atoms with Crippen LogP contribution in [0.25, 0.3) is 0 Å². The van der Waals surface area contributed by atoms with Crippen LogP contribution in [0.15, 0.2) is 24.3 Å². The molecule has 1 heterocycles. The Labute approximate surface area is 88.6 Å². The predicted octanol–water partition coefficient (Wildman–Crippen LogP) is 1.19. The van der Waals surface area contributed by atoms with Crippen molar-refractivity contribution >= 4 is 0 Å². The van der Waals surface area contributed by atoms with Gasteiger partial charge < -0.3 is 14.6 Å². The van der Waals surface area contributed by atoms with E-state index in [9.17, 15) is 5.11 Å². The Morgan fingerprint density at radius 3 is 2.53 bits per heavy atom. The molecule has 1 atom stereocenters. The molecule has 1 fully saturated rings. The van der Waals surface area contributed by atoms with Gasteiger partial charge in [0.1, 0.15) is 5.60 Å². The lowest BCUT2D eigenvalue weighted by Crippen LogP contribution is -2.57. The maximum absolute atomic E-state index is 10.6. The quantitative estimate of drug-likeness (QED) is 0.750. The molecule has 3 heteroatoms. The first kappa shape index (κ1) is 9.33. The van der Waals surface area contributed by atoms with Crippen molar-refractivity contribution in [1.29, 1.82) is 0 Å². The van der Waals surface area contributed by atoms with Crippen LogP contribution < -0.4 is 0 Å². The minimum atomic E-state index is -0.972. The van der Waals surface area contributed by atoms with Gasteiger partial charge in [-0.05, 0) is 18.1 Å². The molecule has 0 spiro atoms. The van der Waals surface area contributed by atoms with Gasteiger partial charge in [0.15, 0.2) is 5.79 Å². The van der Waals surface area contributed by atoms with E-state index in [2.05, 4.69) is 0 Å². The molecule has 1 N–H and O–H groups in total. The number of ether oxygens (including phenoxy) is 2. The summed E-state index contributed by atoms with van der Waals surface area (Å²) in [6.45, 7) is 2.93. The average Bonchev–Trinajstić information content (AvgIpc) is 2.65. The highest BCUT2D eigenvalue weighted by Gasteiger charge is 2.58. The molecule has 0 saturated carbocycles. The molecule has 0 amide bonds. The van der Waals surface area contributed by atoms with Crippen LogP contribution in [0, 0.1) is 0 Å². The number of benzene rings is 1. The Hall–Kier alpha value is -0.900. The minimum absolute atomic E-state index is 0.557. The molecule has 1 aliphatic heterocycles. The topological polar surface area (TPSA) is 38.7 Å². The van der Waals surface area contributed by atoms with Crippen LogP contribution in [-0.2, 0) is 21.5 Å². The molecule has 1 aliphatic carbocycles. The summed E-state index contributed by atoms with van der Waals surface area (Å²) in [4.78, 5) is 0. The largest absolute Gasteiger partial charge is 0.379 e. The Morgan fingerprint density at radius 2 is 1.87 bits per heavy atom. The molecular weight excluding hydrogens is 192 g/mol. The van der Waals surface area contributed by atoms with Gasteiger partial charge in [0.25, 0.3) is 0 Å². The van der Waals surface area contributed by atoms with Crippen LogP contribution in [0.4, 0.5) is 0 Å². The van der Waals surface area contributed by atoms with Gasteiger partial charge in [-0.15, -0.1) is 0 Å². The van der Waals surface area contributed by atoms with Crippen LogP contribution in [0.2, 0.25) is 0 Å². The van der Waals surface area contributed by atoms with Gasteiger partial charge in [-0.1, -0.05) is 24.3 Å². The molecule has 1 aromatic rings. The molecule has 15 heavy (non-hydrogen) atoms. The van der Waals surface area contributed by atoms with E-state index in [1.165, 1.54) is 5.56 Å². The maximum Gasteiger partial charge on any atom is 0.199 e. The van der Waals surface area contributed by atoms with Crippen molar-refractivity contribution in [3.05, 3.63) is 35.4 Å². The summed E-state index contributed by atoms with van der Waals surface area (Å²) in [7, 11) is 0. The SMILES string of the molecule is CC1(C2(O)Cc3ccccc32)OCCO1. The zero-order valence-corrected chi connectivity index (χ0v) is 8.69. The van der Waals surface area contributed by atoms with Gasteiger partial charge in [0.2, 0.25) is 0 Å². The molecule has 0 aromatic heterocycles. The Kier molecular flexibility index (Phi) is 1.75. The number of hydrogen-bond donors (Lipinski definition) is 1. The van der Waals surface area contributed by atoms with E-state index in [0.29, 0.717) is 19.6 Å². The van der Waals surface area contributed by atoms with Crippen molar-refractivity contribution in [1.82, 2.24) is 0 Å². The number of hydrogen-bond acceptors (Lipinski definition) is 3. The zero-order chi connectivity index (χ0) is 10.5. The van der Waals surface area contributed by atoms with Crippen LogP contribution in [0.5, 0.6) is 0 Å². The van der Waals surface area contributed by atoms with E-state index in [4.69, 9.17) is 9.47 Å². The highest BCUT2D eigenvalue weighted by atomic mass is 16.7. The van der Waals surface area contributed by atoms with Gasteiger partial charge in [-0.2, -0.15) is 0 Å². The number of rotatable bonds is 1. The summed E-state index contributed by atoms with van der Waals surface area (Å²) in [5.41, 5.74) is 1.15. The highest BCUT2D eigenvalue weighted by Crippen LogP contribution is 2.49. The molecule has 2 aliphatic rings. The van der Waals surface area contributed by atoms with Crippen molar-refractivity contribution in [3.63, 3.8) is 0 Å². The Balaban J connectivity index is 2.02. The van der Waals surface area contributed by atoms with Crippen molar-refractivity contribution in [2.75, 3.05) is 13.2 Å². The molecule has 1 aromatic carbocycles. The lowest BCUT2D eigenvalue weighted by atomic mass is 9.69. The van der Waals surface area contributed by atoms with Gasteiger partial charge >= 0.3 is 0 Å². The highest BCUT2D eigenvalue weighted by molar-refractivity contribution is 5.44. The standard InChI is InChI=1S/C12H14O3/c1-11(14-6-7-15-11)12(13)8-9-4-2-3-5-10(9)12/h2-5,13H,6-8H2,1H3. The molecule has 80 valence electrons. The van der Waals surface area contributed by atoms with Crippen molar-refractivity contribution in [2.24, 2.45) is 0 Å². The molecule has 0 radical (unpaired) electrons. The molecular formula is C12H14O3. The molecule has 3 rings (SSSR count). The van der Waals surface area contributed by atoms with E-state index in [0.717, 1.165) is 5.56 Å². The van der Waals surface area contributed by atoms with Crippen LogP contribution in [-0.4, -0.2) is 24.1 Å². The first-order chi connectivity index (χ1) is 7.16. The summed E-state index contributed by atoms with van der Waals surface area (Å²) in [6, 6.07) is 7.88. The fraction of sp³-hybridized carbons (Fsp3) is 0.500. The van der Waals surface area contributed by atoms with Crippen molar-refractivity contribution in [3.8, 4) is 0 Å². The van der Waals surface area contributed by atoms with Gasteiger partial charge in [0, 0.05) is 6.42 Å². The second-order valence-corrected chi connectivity index (χ2v) is 4.34.